The molecule has 0 aromatic carbocycles. The number of aromatic nitrogens is 3. The summed E-state index contributed by atoms with van der Waals surface area (Å²) in [7, 11) is 0. The predicted molar refractivity (Wildman–Crippen MR) is 66.5 cm³/mol. The third kappa shape index (κ3) is 4.65. The maximum Gasteiger partial charge on any atom is 0.140 e. The highest BCUT2D eigenvalue weighted by Crippen LogP contribution is 2.07. The summed E-state index contributed by atoms with van der Waals surface area (Å²) in [4.78, 5) is 15.9. The monoisotopic (exact) mass is 238 g/mol. The fourth-order valence-electron chi connectivity index (χ4n) is 1.61. The van der Waals surface area contributed by atoms with E-state index in [4.69, 9.17) is 5.73 Å². The van der Waals surface area contributed by atoms with Crippen molar-refractivity contribution < 1.29 is 4.79 Å². The van der Waals surface area contributed by atoms with Gasteiger partial charge in [0.25, 0.3) is 0 Å². The molecule has 5 nitrogen and oxygen atoms in total. The van der Waals surface area contributed by atoms with E-state index in [9.17, 15) is 4.79 Å². The van der Waals surface area contributed by atoms with Crippen LogP contribution in [0, 0.1) is 5.92 Å². The Labute approximate surface area is 102 Å². The molecule has 0 saturated heterocycles. The Morgan fingerprint density at radius 2 is 2.35 bits per heavy atom. The summed E-state index contributed by atoms with van der Waals surface area (Å²) < 4.78 is 1.81. The molecule has 1 rings (SSSR count). The van der Waals surface area contributed by atoms with E-state index in [0.717, 1.165) is 25.2 Å². The minimum atomic E-state index is 0.218. The molecule has 1 heterocycles. The van der Waals surface area contributed by atoms with Crippen LogP contribution in [0.4, 0.5) is 0 Å². The zero-order chi connectivity index (χ0) is 12.7. The number of carbonyl (C=O) groups excluding carboxylic acids is 1. The van der Waals surface area contributed by atoms with Gasteiger partial charge in [-0.3, -0.25) is 4.79 Å². The lowest BCUT2D eigenvalue weighted by atomic mass is 10.0. The second kappa shape index (κ2) is 7.17. The van der Waals surface area contributed by atoms with Crippen LogP contribution in [0.1, 0.15) is 38.9 Å². The lowest BCUT2D eigenvalue weighted by Gasteiger charge is -2.07. The van der Waals surface area contributed by atoms with Crippen molar-refractivity contribution >= 4 is 5.78 Å². The highest BCUT2D eigenvalue weighted by atomic mass is 16.1. The van der Waals surface area contributed by atoms with Gasteiger partial charge in [-0.2, -0.15) is 5.10 Å². The first-order valence-corrected chi connectivity index (χ1v) is 6.25. The minimum absolute atomic E-state index is 0.218. The molecule has 17 heavy (non-hydrogen) atoms. The second-order valence-electron chi connectivity index (χ2n) is 4.49. The Morgan fingerprint density at radius 3 is 3.00 bits per heavy atom. The molecule has 5 heteroatoms. The van der Waals surface area contributed by atoms with E-state index in [1.807, 2.05) is 4.68 Å². The number of hydrogen-bond donors (Lipinski definition) is 1. The van der Waals surface area contributed by atoms with Gasteiger partial charge in [0.05, 0.1) is 6.42 Å². The molecule has 1 atom stereocenters. The molecule has 0 spiro atoms. The molecule has 0 aliphatic rings. The topological polar surface area (TPSA) is 73.8 Å². The molecule has 1 unspecified atom stereocenters. The second-order valence-corrected chi connectivity index (χ2v) is 4.49. The number of rotatable bonds is 8. The average Bonchev–Trinajstić information content (AvgIpc) is 2.74. The van der Waals surface area contributed by atoms with Crippen LogP contribution in [0.15, 0.2) is 6.33 Å². The van der Waals surface area contributed by atoms with Crippen molar-refractivity contribution in [2.45, 2.75) is 46.1 Å². The first kappa shape index (κ1) is 13.8. The molecule has 0 aliphatic carbocycles. The van der Waals surface area contributed by atoms with Crippen molar-refractivity contribution in [1.29, 1.82) is 0 Å². The fourth-order valence-corrected chi connectivity index (χ4v) is 1.61. The third-order valence-electron chi connectivity index (χ3n) is 2.80. The Kier molecular flexibility index (Phi) is 5.83. The SMILES string of the molecule is CCCn1ncnc1CC(=O)CCC(C)CN. The summed E-state index contributed by atoms with van der Waals surface area (Å²) in [5.74, 6) is 1.40. The van der Waals surface area contributed by atoms with E-state index in [-0.39, 0.29) is 5.78 Å². The van der Waals surface area contributed by atoms with E-state index < -0.39 is 0 Å². The predicted octanol–water partition coefficient (Wildman–Crippen LogP) is 1.17. The van der Waals surface area contributed by atoms with Crippen molar-refractivity contribution in [3.63, 3.8) is 0 Å². The molecule has 96 valence electrons. The van der Waals surface area contributed by atoms with Gasteiger partial charge in [0.2, 0.25) is 0 Å². The quantitative estimate of drug-likeness (QED) is 0.738. The van der Waals surface area contributed by atoms with Crippen LogP contribution in [0.5, 0.6) is 0 Å². The van der Waals surface area contributed by atoms with Gasteiger partial charge in [-0.25, -0.2) is 9.67 Å². The first-order valence-electron chi connectivity index (χ1n) is 6.25. The molecular formula is C12H22N4O. The Morgan fingerprint density at radius 1 is 1.59 bits per heavy atom. The van der Waals surface area contributed by atoms with Gasteiger partial charge in [-0.15, -0.1) is 0 Å². The highest BCUT2D eigenvalue weighted by Gasteiger charge is 2.11. The average molecular weight is 238 g/mol. The Balaban J connectivity index is 2.42. The van der Waals surface area contributed by atoms with Gasteiger partial charge in [0.1, 0.15) is 17.9 Å². The van der Waals surface area contributed by atoms with Crippen molar-refractivity contribution in [1.82, 2.24) is 14.8 Å². The van der Waals surface area contributed by atoms with Crippen LogP contribution in [0.3, 0.4) is 0 Å². The smallest absolute Gasteiger partial charge is 0.140 e. The minimum Gasteiger partial charge on any atom is -0.330 e. The summed E-state index contributed by atoms with van der Waals surface area (Å²) in [6, 6.07) is 0. The molecule has 1 aromatic rings. The van der Waals surface area contributed by atoms with E-state index in [0.29, 0.717) is 25.3 Å². The van der Waals surface area contributed by atoms with Gasteiger partial charge in [0.15, 0.2) is 0 Å². The number of nitrogens with two attached hydrogens (primary N) is 1. The number of ketones is 1. The molecule has 0 bridgehead atoms. The van der Waals surface area contributed by atoms with Gasteiger partial charge in [-0.1, -0.05) is 13.8 Å². The van der Waals surface area contributed by atoms with Crippen molar-refractivity contribution in [2.24, 2.45) is 11.7 Å². The number of aryl methyl sites for hydroxylation is 1. The van der Waals surface area contributed by atoms with E-state index in [1.54, 1.807) is 0 Å². The number of carbonyl (C=O) groups is 1. The lowest BCUT2D eigenvalue weighted by Crippen LogP contribution is -2.15. The summed E-state index contributed by atoms with van der Waals surface area (Å²) in [6.45, 7) is 5.60. The van der Waals surface area contributed by atoms with Crippen LogP contribution in [0.2, 0.25) is 0 Å². The largest absolute Gasteiger partial charge is 0.330 e. The fraction of sp³-hybridized carbons (Fsp3) is 0.750. The number of Topliss-reactive ketones (excluding diaryl/α,β-unsaturated/α-hetero) is 1. The summed E-state index contributed by atoms with van der Waals surface area (Å²) >= 11 is 0. The molecule has 0 radical (unpaired) electrons. The molecule has 0 aliphatic heterocycles. The van der Waals surface area contributed by atoms with E-state index in [2.05, 4.69) is 23.9 Å². The van der Waals surface area contributed by atoms with Crippen LogP contribution in [0.25, 0.3) is 0 Å². The van der Waals surface area contributed by atoms with Gasteiger partial charge < -0.3 is 5.73 Å². The lowest BCUT2D eigenvalue weighted by molar-refractivity contribution is -0.118. The molecular weight excluding hydrogens is 216 g/mol. The van der Waals surface area contributed by atoms with Gasteiger partial charge in [0, 0.05) is 13.0 Å². The van der Waals surface area contributed by atoms with Gasteiger partial charge in [-0.05, 0) is 25.3 Å². The van der Waals surface area contributed by atoms with Crippen LogP contribution >= 0.6 is 0 Å². The molecule has 1 aromatic heterocycles. The molecule has 0 saturated carbocycles. The van der Waals surface area contributed by atoms with Gasteiger partial charge >= 0.3 is 0 Å². The zero-order valence-electron chi connectivity index (χ0n) is 10.7. The first-order chi connectivity index (χ1) is 8.17. The Bertz CT molecular complexity index is 348. The third-order valence-corrected chi connectivity index (χ3v) is 2.80. The normalized spacial score (nSPS) is 12.6. The molecule has 0 amide bonds. The zero-order valence-corrected chi connectivity index (χ0v) is 10.7. The summed E-state index contributed by atoms with van der Waals surface area (Å²) in [5, 5.41) is 4.10. The molecule has 0 fully saturated rings. The number of nitrogens with zero attached hydrogens (tertiary/aromatic N) is 3. The van der Waals surface area contributed by atoms with Crippen LogP contribution < -0.4 is 5.73 Å². The highest BCUT2D eigenvalue weighted by molar-refractivity contribution is 5.80. The summed E-state index contributed by atoms with van der Waals surface area (Å²) in [6.07, 6.45) is 4.33. The van der Waals surface area contributed by atoms with E-state index in [1.165, 1.54) is 6.33 Å². The van der Waals surface area contributed by atoms with Crippen molar-refractivity contribution in [3.8, 4) is 0 Å². The Hall–Kier alpha value is -1.23. The van der Waals surface area contributed by atoms with Crippen LogP contribution in [-0.2, 0) is 17.8 Å². The van der Waals surface area contributed by atoms with Crippen molar-refractivity contribution in [3.05, 3.63) is 12.2 Å². The number of hydrogen-bond acceptors (Lipinski definition) is 4. The summed E-state index contributed by atoms with van der Waals surface area (Å²) in [5.41, 5.74) is 5.52. The van der Waals surface area contributed by atoms with Crippen LogP contribution in [-0.4, -0.2) is 27.1 Å². The van der Waals surface area contributed by atoms with E-state index >= 15 is 0 Å². The van der Waals surface area contributed by atoms with Crippen molar-refractivity contribution in [2.75, 3.05) is 6.54 Å². The maximum absolute atomic E-state index is 11.8. The maximum atomic E-state index is 11.8. The molecule has 2 N–H and O–H groups in total. The standard InChI is InChI=1S/C12H22N4O/c1-3-6-16-12(14-9-15-16)7-11(17)5-4-10(2)8-13/h9-10H,3-8,13H2,1-2H3.